The van der Waals surface area contributed by atoms with Gasteiger partial charge in [0.1, 0.15) is 11.6 Å². The van der Waals surface area contributed by atoms with Gasteiger partial charge in [0.2, 0.25) is 0 Å². The van der Waals surface area contributed by atoms with Crippen molar-refractivity contribution in [3.05, 3.63) is 67.1 Å². The third kappa shape index (κ3) is 5.58. The lowest BCUT2D eigenvalue weighted by atomic mass is 9.88. The smallest absolute Gasteiger partial charge is 0.344 e. The number of rotatable bonds is 7. The van der Waals surface area contributed by atoms with Crippen LogP contribution in [-0.4, -0.2) is 35.1 Å². The number of para-hydroxylation sites is 1. The summed E-state index contributed by atoms with van der Waals surface area (Å²) in [5, 5.41) is 5.12. The zero-order chi connectivity index (χ0) is 24.1. The first-order valence-corrected chi connectivity index (χ1v) is 12.9. The SMILES string of the molecule is CCOC(=O)COc1c(Br)cc(C=Nn2c(C3CCCCC3)nc3ccccc3c2=O)cc1Br. The van der Waals surface area contributed by atoms with Crippen molar-refractivity contribution < 1.29 is 14.3 Å². The molecule has 9 heteroatoms. The highest BCUT2D eigenvalue weighted by molar-refractivity contribution is 9.11. The molecule has 3 aromatic rings. The molecule has 1 aliphatic rings. The van der Waals surface area contributed by atoms with Gasteiger partial charge in [-0.15, -0.1) is 0 Å². The second-order valence-electron chi connectivity index (χ2n) is 8.09. The van der Waals surface area contributed by atoms with Gasteiger partial charge in [0.25, 0.3) is 5.56 Å². The lowest BCUT2D eigenvalue weighted by Crippen LogP contribution is -2.25. The summed E-state index contributed by atoms with van der Waals surface area (Å²) in [6, 6.07) is 11.0. The minimum Gasteiger partial charge on any atom is -0.480 e. The van der Waals surface area contributed by atoms with Crippen LogP contribution >= 0.6 is 31.9 Å². The highest BCUT2D eigenvalue weighted by atomic mass is 79.9. The molecule has 7 nitrogen and oxygen atoms in total. The summed E-state index contributed by atoms with van der Waals surface area (Å²) in [6.45, 7) is 1.85. The Kier molecular flexibility index (Phi) is 8.15. The molecule has 1 aliphatic carbocycles. The minimum atomic E-state index is -0.439. The van der Waals surface area contributed by atoms with E-state index in [1.165, 1.54) is 11.1 Å². The highest BCUT2D eigenvalue weighted by Crippen LogP contribution is 2.35. The molecule has 178 valence electrons. The van der Waals surface area contributed by atoms with Crippen molar-refractivity contribution in [2.24, 2.45) is 5.10 Å². The third-order valence-corrected chi connectivity index (χ3v) is 6.91. The zero-order valence-corrected chi connectivity index (χ0v) is 22.0. The van der Waals surface area contributed by atoms with Crippen LogP contribution in [0, 0.1) is 0 Å². The van der Waals surface area contributed by atoms with Gasteiger partial charge in [-0.2, -0.15) is 9.78 Å². The number of hydrogen-bond acceptors (Lipinski definition) is 6. The third-order valence-electron chi connectivity index (χ3n) is 5.73. The van der Waals surface area contributed by atoms with Crippen LogP contribution in [0.15, 0.2) is 55.2 Å². The number of fused-ring (bicyclic) bond motifs is 1. The first kappa shape index (κ1) is 24.6. The van der Waals surface area contributed by atoms with Crippen molar-refractivity contribution in [1.82, 2.24) is 9.66 Å². The molecule has 0 saturated heterocycles. The van der Waals surface area contributed by atoms with Gasteiger partial charge in [0.15, 0.2) is 6.61 Å². The fraction of sp³-hybridized carbons (Fsp3) is 0.360. The van der Waals surface area contributed by atoms with Gasteiger partial charge in [-0.1, -0.05) is 31.4 Å². The molecule has 0 unspecified atom stereocenters. The fourth-order valence-electron chi connectivity index (χ4n) is 4.13. The molecule has 4 rings (SSSR count). The first-order valence-electron chi connectivity index (χ1n) is 11.3. The van der Waals surface area contributed by atoms with Gasteiger partial charge in [0.05, 0.1) is 32.7 Å². The normalized spacial score (nSPS) is 14.6. The van der Waals surface area contributed by atoms with E-state index in [2.05, 4.69) is 37.0 Å². The lowest BCUT2D eigenvalue weighted by molar-refractivity contribution is -0.145. The fourth-order valence-corrected chi connectivity index (χ4v) is 5.58. The second-order valence-corrected chi connectivity index (χ2v) is 9.80. The highest BCUT2D eigenvalue weighted by Gasteiger charge is 2.22. The molecule has 0 atom stereocenters. The quantitative estimate of drug-likeness (QED) is 0.257. The van der Waals surface area contributed by atoms with Crippen LogP contribution < -0.4 is 10.3 Å². The van der Waals surface area contributed by atoms with Crippen LogP contribution in [0.2, 0.25) is 0 Å². The van der Waals surface area contributed by atoms with Gasteiger partial charge >= 0.3 is 5.97 Å². The Balaban J connectivity index is 1.67. The van der Waals surface area contributed by atoms with Gasteiger partial charge in [-0.05, 0) is 81.5 Å². The molecule has 2 aromatic carbocycles. The molecule has 0 aliphatic heterocycles. The zero-order valence-electron chi connectivity index (χ0n) is 18.8. The number of benzene rings is 2. The molecule has 0 spiro atoms. The summed E-state index contributed by atoms with van der Waals surface area (Å²) in [5.41, 5.74) is 1.28. The topological polar surface area (TPSA) is 82.8 Å². The van der Waals surface area contributed by atoms with E-state index in [4.69, 9.17) is 14.5 Å². The number of hydrogen-bond donors (Lipinski definition) is 0. The van der Waals surface area contributed by atoms with E-state index in [-0.39, 0.29) is 18.1 Å². The number of esters is 1. The van der Waals surface area contributed by atoms with E-state index in [1.54, 1.807) is 19.2 Å². The van der Waals surface area contributed by atoms with E-state index in [0.29, 0.717) is 38.0 Å². The molecule has 0 amide bonds. The maximum Gasteiger partial charge on any atom is 0.344 e. The minimum absolute atomic E-state index is 0.171. The van der Waals surface area contributed by atoms with Crippen molar-refractivity contribution in [2.75, 3.05) is 13.2 Å². The maximum absolute atomic E-state index is 13.3. The van der Waals surface area contributed by atoms with Crippen molar-refractivity contribution in [3.8, 4) is 5.75 Å². The van der Waals surface area contributed by atoms with Crippen molar-refractivity contribution in [1.29, 1.82) is 0 Å². The van der Waals surface area contributed by atoms with Gasteiger partial charge in [0, 0.05) is 5.92 Å². The van der Waals surface area contributed by atoms with Crippen LogP contribution in [-0.2, 0) is 9.53 Å². The monoisotopic (exact) mass is 589 g/mol. The largest absolute Gasteiger partial charge is 0.480 e. The summed E-state index contributed by atoms with van der Waals surface area (Å²) < 4.78 is 13.2. The van der Waals surface area contributed by atoms with Crippen LogP contribution in [0.4, 0.5) is 0 Å². The number of carbonyl (C=O) groups excluding carboxylic acids is 1. The van der Waals surface area contributed by atoms with Crippen LogP contribution in [0.3, 0.4) is 0 Å². The Morgan fingerprint density at radius 3 is 2.59 bits per heavy atom. The number of aromatic nitrogens is 2. The molecule has 0 radical (unpaired) electrons. The first-order chi connectivity index (χ1) is 16.5. The summed E-state index contributed by atoms with van der Waals surface area (Å²) in [7, 11) is 0. The Hall–Kier alpha value is -2.52. The van der Waals surface area contributed by atoms with Crippen LogP contribution in [0.1, 0.15) is 56.3 Å². The summed E-state index contributed by atoms with van der Waals surface area (Å²) in [5.74, 6) is 0.968. The summed E-state index contributed by atoms with van der Waals surface area (Å²) in [4.78, 5) is 29.8. The van der Waals surface area contributed by atoms with E-state index >= 15 is 0 Å². The molecular formula is C25H25Br2N3O4. The molecule has 34 heavy (non-hydrogen) atoms. The molecule has 1 heterocycles. The van der Waals surface area contributed by atoms with Crippen LogP contribution in [0.25, 0.3) is 10.9 Å². The lowest BCUT2D eigenvalue weighted by Gasteiger charge is -2.22. The average Bonchev–Trinajstić information content (AvgIpc) is 2.83. The predicted molar refractivity (Wildman–Crippen MR) is 139 cm³/mol. The Labute approximate surface area is 214 Å². The predicted octanol–water partition coefficient (Wildman–Crippen LogP) is 5.79. The molecule has 1 aromatic heterocycles. The van der Waals surface area contributed by atoms with Crippen LogP contribution in [0.5, 0.6) is 5.75 Å². The van der Waals surface area contributed by atoms with Crippen molar-refractivity contribution in [2.45, 2.75) is 44.9 Å². The van der Waals surface area contributed by atoms with Gasteiger partial charge in [-0.3, -0.25) is 4.79 Å². The Morgan fingerprint density at radius 2 is 1.88 bits per heavy atom. The summed E-state index contributed by atoms with van der Waals surface area (Å²) in [6.07, 6.45) is 7.11. The Morgan fingerprint density at radius 1 is 1.18 bits per heavy atom. The van der Waals surface area contributed by atoms with E-state index in [9.17, 15) is 9.59 Å². The number of ether oxygens (including phenoxy) is 2. The molecule has 1 saturated carbocycles. The van der Waals surface area contributed by atoms with E-state index in [1.807, 2.05) is 30.3 Å². The maximum atomic E-state index is 13.3. The van der Waals surface area contributed by atoms with Gasteiger partial charge < -0.3 is 9.47 Å². The molecule has 0 bridgehead atoms. The van der Waals surface area contributed by atoms with E-state index < -0.39 is 5.97 Å². The van der Waals surface area contributed by atoms with E-state index in [0.717, 1.165) is 31.2 Å². The number of halogens is 2. The average molecular weight is 591 g/mol. The molecule has 1 fully saturated rings. The number of nitrogens with zero attached hydrogens (tertiary/aromatic N) is 3. The second kappa shape index (κ2) is 11.3. The van der Waals surface area contributed by atoms with Gasteiger partial charge in [-0.25, -0.2) is 9.78 Å². The Bertz CT molecular complexity index is 1260. The van der Waals surface area contributed by atoms with Crippen molar-refractivity contribution >= 4 is 54.9 Å². The molecular weight excluding hydrogens is 566 g/mol. The van der Waals surface area contributed by atoms with Crippen molar-refractivity contribution in [3.63, 3.8) is 0 Å². The standard InChI is InChI=1S/C25H25Br2N3O4/c1-2-33-22(31)15-34-23-19(26)12-16(13-20(23)27)14-28-30-24(17-8-4-3-5-9-17)29-21-11-7-6-10-18(21)25(30)32/h6-7,10-14,17H,2-5,8-9,15H2,1H3. The summed E-state index contributed by atoms with van der Waals surface area (Å²) >= 11 is 6.98. The number of carbonyl (C=O) groups is 1. The molecule has 0 N–H and O–H groups in total.